The second-order valence-electron chi connectivity index (χ2n) is 12.2. The molecule has 6 aromatic carbocycles. The molecule has 0 unspecified atom stereocenters. The van der Waals surface area contributed by atoms with Crippen LogP contribution in [0.5, 0.6) is 11.5 Å². The molecule has 0 bridgehead atoms. The maximum Gasteiger partial charge on any atom is 0.151 e. The lowest BCUT2D eigenvalue weighted by Crippen LogP contribution is -2.19. The zero-order valence-electron chi connectivity index (χ0n) is 26.2. The first-order valence-corrected chi connectivity index (χ1v) is 16.2. The minimum absolute atomic E-state index is 0.860. The second kappa shape index (κ2) is 11.1. The number of nitrogens with zero attached hydrogens (tertiary/aromatic N) is 3. The van der Waals surface area contributed by atoms with Gasteiger partial charge in [-0.15, -0.1) is 0 Å². The molecule has 0 fully saturated rings. The van der Waals surface area contributed by atoms with Crippen LogP contribution in [0.15, 0.2) is 158 Å². The monoisotopic (exact) mass is 607 g/mol. The summed E-state index contributed by atoms with van der Waals surface area (Å²) in [6.07, 6.45) is 4.38. The first-order valence-electron chi connectivity index (χ1n) is 16.2. The highest BCUT2D eigenvalue weighted by molar-refractivity contribution is 6.00. The molecule has 9 rings (SSSR count). The van der Waals surface area contributed by atoms with E-state index in [4.69, 9.17) is 4.74 Å². The Balaban J connectivity index is 1.10. The maximum atomic E-state index is 6.25. The van der Waals surface area contributed by atoms with Gasteiger partial charge in [-0.1, -0.05) is 91.0 Å². The quantitative estimate of drug-likeness (QED) is 0.194. The predicted molar refractivity (Wildman–Crippen MR) is 195 cm³/mol. The largest absolute Gasteiger partial charge is 0.453 e. The number of hydrogen-bond donors (Lipinski definition) is 0. The summed E-state index contributed by atoms with van der Waals surface area (Å²) in [7, 11) is 2.19. The van der Waals surface area contributed by atoms with E-state index < -0.39 is 0 Å². The van der Waals surface area contributed by atoms with Gasteiger partial charge in [-0.25, -0.2) is 0 Å². The zero-order chi connectivity index (χ0) is 31.3. The van der Waals surface area contributed by atoms with Crippen LogP contribution in [-0.4, -0.2) is 11.6 Å². The van der Waals surface area contributed by atoms with Crippen LogP contribution in [0, 0.1) is 0 Å². The Hall–Kier alpha value is -6.00. The summed E-state index contributed by atoms with van der Waals surface area (Å²) in [6, 6.07) is 53.8. The zero-order valence-corrected chi connectivity index (χ0v) is 26.2. The predicted octanol–water partition coefficient (Wildman–Crippen LogP) is 11.3. The smallest absolute Gasteiger partial charge is 0.151 e. The third kappa shape index (κ3) is 4.52. The van der Waals surface area contributed by atoms with Gasteiger partial charge in [0.2, 0.25) is 0 Å². The topological polar surface area (TPSA) is 20.6 Å². The van der Waals surface area contributed by atoms with Gasteiger partial charge in [0.1, 0.15) is 0 Å². The van der Waals surface area contributed by atoms with E-state index in [0.717, 1.165) is 47.1 Å². The summed E-state index contributed by atoms with van der Waals surface area (Å²) >= 11 is 0. The molecule has 0 amide bonds. The molecule has 1 aliphatic heterocycles. The molecule has 0 saturated heterocycles. The first kappa shape index (κ1) is 27.3. The average Bonchev–Trinajstić information content (AvgIpc) is 3.49. The molecule has 7 aromatic rings. The molecular weight excluding hydrogens is 574 g/mol. The van der Waals surface area contributed by atoms with E-state index in [1.54, 1.807) is 0 Å². The van der Waals surface area contributed by atoms with Crippen molar-refractivity contribution >= 4 is 39.3 Å². The summed E-state index contributed by atoms with van der Waals surface area (Å²) in [4.78, 5) is 4.64. The van der Waals surface area contributed by atoms with E-state index in [2.05, 4.69) is 155 Å². The van der Waals surface area contributed by atoms with Crippen molar-refractivity contribution in [3.8, 4) is 28.3 Å². The number of para-hydroxylation sites is 5. The molecule has 1 aromatic heterocycles. The number of allylic oxidation sites excluding steroid dienone is 1. The van der Waals surface area contributed by atoms with Crippen molar-refractivity contribution in [2.24, 2.45) is 0 Å². The van der Waals surface area contributed by atoms with Gasteiger partial charge in [-0.2, -0.15) is 0 Å². The van der Waals surface area contributed by atoms with Gasteiger partial charge < -0.3 is 19.1 Å². The lowest BCUT2D eigenvalue weighted by atomic mass is 9.97. The van der Waals surface area contributed by atoms with Gasteiger partial charge in [0.15, 0.2) is 11.5 Å². The van der Waals surface area contributed by atoms with Gasteiger partial charge in [0.05, 0.1) is 16.9 Å². The highest BCUT2D eigenvalue weighted by Gasteiger charge is 2.27. The third-order valence-corrected chi connectivity index (χ3v) is 9.47. The van der Waals surface area contributed by atoms with E-state index in [1.165, 1.54) is 44.7 Å². The van der Waals surface area contributed by atoms with Crippen molar-refractivity contribution in [2.45, 2.75) is 12.8 Å². The highest BCUT2D eigenvalue weighted by atomic mass is 16.5. The number of anilines is 4. The number of benzene rings is 6. The molecule has 1 aliphatic carbocycles. The van der Waals surface area contributed by atoms with Crippen LogP contribution in [0.1, 0.15) is 17.7 Å². The normalized spacial score (nSPS) is 13.3. The Morgan fingerprint density at radius 2 is 1.17 bits per heavy atom. The minimum Gasteiger partial charge on any atom is -0.453 e. The molecule has 0 N–H and O–H groups in total. The van der Waals surface area contributed by atoms with Crippen LogP contribution in [0.4, 0.5) is 22.7 Å². The minimum atomic E-state index is 0.860. The summed E-state index contributed by atoms with van der Waals surface area (Å²) < 4.78 is 8.72. The van der Waals surface area contributed by atoms with Crippen molar-refractivity contribution in [3.05, 3.63) is 169 Å². The van der Waals surface area contributed by atoms with Crippen LogP contribution in [0.3, 0.4) is 0 Å². The van der Waals surface area contributed by atoms with Crippen LogP contribution in [0.25, 0.3) is 33.4 Å². The average molecular weight is 608 g/mol. The van der Waals surface area contributed by atoms with Gasteiger partial charge in [-0.05, 0) is 90.7 Å². The third-order valence-electron chi connectivity index (χ3n) is 9.47. The molecule has 0 radical (unpaired) electrons. The Bertz CT molecular complexity index is 2240. The number of aromatic nitrogens is 1. The molecule has 0 atom stereocenters. The molecule has 0 saturated carbocycles. The Kier molecular flexibility index (Phi) is 6.46. The van der Waals surface area contributed by atoms with Crippen molar-refractivity contribution in [3.63, 3.8) is 0 Å². The standard InChI is InChI=1S/C43H33N3O/c1-44(32-24-22-31(23-25-32)30-12-3-2-4-13-30)39-18-11-19-40-43(39)35-14-5-6-15-36(35)45(40)33-26-28-34(29-27-33)46-37-16-7-9-20-41(37)47-42-21-10-8-17-38(42)46/h2-10,12-18,20-29H,11,19H2,1H3. The van der Waals surface area contributed by atoms with Crippen molar-refractivity contribution in [1.29, 1.82) is 0 Å². The lowest BCUT2D eigenvalue weighted by molar-refractivity contribution is 0.477. The van der Waals surface area contributed by atoms with Gasteiger partial charge >= 0.3 is 0 Å². The summed E-state index contributed by atoms with van der Waals surface area (Å²) in [5.74, 6) is 1.72. The van der Waals surface area contributed by atoms with Crippen molar-refractivity contribution in [2.75, 3.05) is 16.8 Å². The number of fused-ring (bicyclic) bond motifs is 5. The number of hydrogen-bond acceptors (Lipinski definition) is 3. The molecule has 47 heavy (non-hydrogen) atoms. The summed E-state index contributed by atoms with van der Waals surface area (Å²) in [5.41, 5.74) is 13.1. The van der Waals surface area contributed by atoms with Gasteiger partial charge in [0, 0.05) is 46.5 Å². The maximum absolute atomic E-state index is 6.25. The van der Waals surface area contributed by atoms with Crippen LogP contribution >= 0.6 is 0 Å². The Morgan fingerprint density at radius 1 is 0.574 bits per heavy atom. The fourth-order valence-electron chi connectivity index (χ4n) is 7.24. The molecule has 226 valence electrons. The highest BCUT2D eigenvalue weighted by Crippen LogP contribution is 2.50. The molecule has 4 heteroatoms. The van der Waals surface area contributed by atoms with Crippen LogP contribution in [0.2, 0.25) is 0 Å². The number of rotatable bonds is 5. The van der Waals surface area contributed by atoms with E-state index in [-0.39, 0.29) is 0 Å². The fraction of sp³-hybridized carbons (Fsp3) is 0.0698. The lowest BCUT2D eigenvalue weighted by Gasteiger charge is -2.32. The first-order chi connectivity index (χ1) is 23.2. The van der Waals surface area contributed by atoms with E-state index in [0.29, 0.717) is 0 Å². The second-order valence-corrected chi connectivity index (χ2v) is 12.2. The Labute approximate surface area is 275 Å². The number of ether oxygens (including phenoxy) is 1. The SMILES string of the molecule is CN(C1=CCCc2c1c1ccccc1n2-c1ccc(N2c3ccccc3Oc3ccccc32)cc1)c1ccc(-c2ccccc2)cc1. The van der Waals surface area contributed by atoms with E-state index in [9.17, 15) is 0 Å². The molecular formula is C43H33N3O. The van der Waals surface area contributed by atoms with Crippen molar-refractivity contribution < 1.29 is 4.74 Å². The molecule has 2 aliphatic rings. The van der Waals surface area contributed by atoms with Crippen LogP contribution in [-0.2, 0) is 6.42 Å². The summed E-state index contributed by atoms with van der Waals surface area (Å²) in [6.45, 7) is 0. The fourth-order valence-corrected chi connectivity index (χ4v) is 7.24. The molecule has 2 heterocycles. The van der Waals surface area contributed by atoms with E-state index in [1.807, 2.05) is 24.3 Å². The van der Waals surface area contributed by atoms with Gasteiger partial charge in [0.25, 0.3) is 0 Å². The molecule has 0 spiro atoms. The Morgan fingerprint density at radius 3 is 1.89 bits per heavy atom. The van der Waals surface area contributed by atoms with Crippen molar-refractivity contribution in [1.82, 2.24) is 4.57 Å². The summed E-state index contributed by atoms with van der Waals surface area (Å²) in [5, 5.41) is 1.28. The molecule has 4 nitrogen and oxygen atoms in total. The van der Waals surface area contributed by atoms with Gasteiger partial charge in [-0.3, -0.25) is 0 Å². The van der Waals surface area contributed by atoms with Crippen LogP contribution < -0.4 is 14.5 Å². The van der Waals surface area contributed by atoms with E-state index >= 15 is 0 Å².